The van der Waals surface area contributed by atoms with Gasteiger partial charge in [-0.3, -0.25) is 0 Å². The molecule has 0 amide bonds. The molecule has 1 N–H and O–H groups in total. The molecule has 4 heteroatoms. The standard InChI is InChI=1S/C17H21NO3/c1-4-21-15-7-5-6-13(10-15)12-18-14-8-9-16(19-2)17(11-14)20-3/h5-11,18H,4,12H2,1-3H3. The van der Waals surface area contributed by atoms with Crippen LogP contribution in [0, 0.1) is 0 Å². The molecule has 4 nitrogen and oxygen atoms in total. The van der Waals surface area contributed by atoms with E-state index >= 15 is 0 Å². The molecule has 2 rings (SSSR count). The molecule has 0 aliphatic carbocycles. The lowest BCUT2D eigenvalue weighted by atomic mass is 10.2. The molecule has 0 saturated heterocycles. The summed E-state index contributed by atoms with van der Waals surface area (Å²) in [7, 11) is 3.26. The van der Waals surface area contributed by atoms with Gasteiger partial charge in [0.1, 0.15) is 5.75 Å². The van der Waals surface area contributed by atoms with Gasteiger partial charge < -0.3 is 19.5 Å². The first-order chi connectivity index (χ1) is 10.3. The van der Waals surface area contributed by atoms with Gasteiger partial charge in [0.2, 0.25) is 0 Å². The highest BCUT2D eigenvalue weighted by atomic mass is 16.5. The van der Waals surface area contributed by atoms with E-state index in [-0.39, 0.29) is 0 Å². The Morgan fingerprint density at radius 2 is 1.76 bits per heavy atom. The van der Waals surface area contributed by atoms with Crippen LogP contribution < -0.4 is 19.5 Å². The maximum atomic E-state index is 5.50. The second-order valence-electron chi connectivity index (χ2n) is 4.50. The van der Waals surface area contributed by atoms with E-state index in [1.54, 1.807) is 14.2 Å². The number of methoxy groups -OCH3 is 2. The normalized spacial score (nSPS) is 10.0. The largest absolute Gasteiger partial charge is 0.494 e. The van der Waals surface area contributed by atoms with Gasteiger partial charge in [-0.05, 0) is 36.8 Å². The molecule has 0 atom stereocenters. The maximum absolute atomic E-state index is 5.50. The van der Waals surface area contributed by atoms with Crippen molar-refractivity contribution >= 4 is 5.69 Å². The van der Waals surface area contributed by atoms with Crippen LogP contribution in [0.3, 0.4) is 0 Å². The highest BCUT2D eigenvalue weighted by Gasteiger charge is 2.04. The van der Waals surface area contributed by atoms with Crippen molar-refractivity contribution in [1.29, 1.82) is 0 Å². The summed E-state index contributed by atoms with van der Waals surface area (Å²) in [6.07, 6.45) is 0. The van der Waals surface area contributed by atoms with Crippen LogP contribution in [0.2, 0.25) is 0 Å². The smallest absolute Gasteiger partial charge is 0.162 e. The molecule has 0 unspecified atom stereocenters. The van der Waals surface area contributed by atoms with E-state index in [1.165, 1.54) is 0 Å². The summed E-state index contributed by atoms with van der Waals surface area (Å²) in [6, 6.07) is 13.8. The quantitative estimate of drug-likeness (QED) is 0.842. The first-order valence-electron chi connectivity index (χ1n) is 6.94. The van der Waals surface area contributed by atoms with Crippen molar-refractivity contribution in [3.63, 3.8) is 0 Å². The van der Waals surface area contributed by atoms with Crippen LogP contribution in [0.5, 0.6) is 17.2 Å². The van der Waals surface area contributed by atoms with Gasteiger partial charge in [-0.2, -0.15) is 0 Å². The van der Waals surface area contributed by atoms with Crippen LogP contribution in [0.15, 0.2) is 42.5 Å². The van der Waals surface area contributed by atoms with E-state index in [1.807, 2.05) is 43.3 Å². The Morgan fingerprint density at radius 1 is 0.952 bits per heavy atom. The molecule has 2 aromatic rings. The summed E-state index contributed by atoms with van der Waals surface area (Å²) in [6.45, 7) is 3.37. The van der Waals surface area contributed by atoms with Crippen molar-refractivity contribution in [2.75, 3.05) is 26.1 Å². The van der Waals surface area contributed by atoms with E-state index in [9.17, 15) is 0 Å². The third kappa shape index (κ3) is 4.05. The number of hydrogen-bond donors (Lipinski definition) is 1. The number of anilines is 1. The summed E-state index contributed by atoms with van der Waals surface area (Å²) in [5, 5.41) is 3.37. The molecule has 0 aliphatic heterocycles. The predicted octanol–water partition coefficient (Wildman–Crippen LogP) is 3.71. The lowest BCUT2D eigenvalue weighted by Crippen LogP contribution is -2.01. The predicted molar refractivity (Wildman–Crippen MR) is 84.5 cm³/mol. The highest BCUT2D eigenvalue weighted by molar-refractivity contribution is 5.55. The van der Waals surface area contributed by atoms with Crippen LogP contribution in [0.4, 0.5) is 5.69 Å². The third-order valence-electron chi connectivity index (χ3n) is 3.09. The lowest BCUT2D eigenvalue weighted by Gasteiger charge is -2.12. The topological polar surface area (TPSA) is 39.7 Å². The summed E-state index contributed by atoms with van der Waals surface area (Å²) >= 11 is 0. The van der Waals surface area contributed by atoms with Gasteiger partial charge in [-0.25, -0.2) is 0 Å². The number of rotatable bonds is 7. The number of hydrogen-bond acceptors (Lipinski definition) is 4. The Bertz CT molecular complexity index is 584. The van der Waals surface area contributed by atoms with Crippen LogP contribution >= 0.6 is 0 Å². The molecule has 0 aromatic heterocycles. The fourth-order valence-corrected chi connectivity index (χ4v) is 2.06. The molecular weight excluding hydrogens is 266 g/mol. The first kappa shape index (κ1) is 15.0. The molecule has 21 heavy (non-hydrogen) atoms. The molecule has 0 radical (unpaired) electrons. The molecule has 0 aliphatic rings. The second-order valence-corrected chi connectivity index (χ2v) is 4.50. The molecule has 112 valence electrons. The van der Waals surface area contributed by atoms with Crippen LogP contribution in [0.1, 0.15) is 12.5 Å². The van der Waals surface area contributed by atoms with Crippen molar-refractivity contribution in [2.24, 2.45) is 0 Å². The van der Waals surface area contributed by atoms with Gasteiger partial charge in [0.05, 0.1) is 20.8 Å². The zero-order chi connectivity index (χ0) is 15.1. The minimum atomic E-state index is 0.673. The van der Waals surface area contributed by atoms with E-state index in [0.717, 1.165) is 29.3 Å². The fourth-order valence-electron chi connectivity index (χ4n) is 2.06. The van der Waals surface area contributed by atoms with Crippen molar-refractivity contribution in [3.8, 4) is 17.2 Å². The van der Waals surface area contributed by atoms with Gasteiger partial charge in [-0.15, -0.1) is 0 Å². The Kier molecular flexibility index (Phi) is 5.32. The highest BCUT2D eigenvalue weighted by Crippen LogP contribution is 2.30. The SMILES string of the molecule is CCOc1cccc(CNc2ccc(OC)c(OC)c2)c1. The lowest BCUT2D eigenvalue weighted by molar-refractivity contribution is 0.340. The maximum Gasteiger partial charge on any atom is 0.162 e. The van der Waals surface area contributed by atoms with Gasteiger partial charge >= 0.3 is 0 Å². The van der Waals surface area contributed by atoms with Gasteiger partial charge in [-0.1, -0.05) is 12.1 Å². The molecular formula is C17H21NO3. The molecule has 0 fully saturated rings. The van der Waals surface area contributed by atoms with Crippen molar-refractivity contribution in [1.82, 2.24) is 0 Å². The Labute approximate surface area is 125 Å². The Balaban J connectivity index is 2.04. The van der Waals surface area contributed by atoms with Gasteiger partial charge in [0.15, 0.2) is 11.5 Å². The second kappa shape index (κ2) is 7.43. The summed E-state index contributed by atoms with van der Waals surface area (Å²) in [5.41, 5.74) is 2.14. The van der Waals surface area contributed by atoms with Crippen LogP contribution in [0.25, 0.3) is 0 Å². The van der Waals surface area contributed by atoms with Gasteiger partial charge in [0.25, 0.3) is 0 Å². The van der Waals surface area contributed by atoms with E-state index in [2.05, 4.69) is 11.4 Å². The third-order valence-corrected chi connectivity index (χ3v) is 3.09. The monoisotopic (exact) mass is 287 g/mol. The Morgan fingerprint density at radius 3 is 2.48 bits per heavy atom. The summed E-state index contributed by atoms with van der Waals surface area (Å²) < 4.78 is 16.0. The van der Waals surface area contributed by atoms with Crippen LogP contribution in [-0.4, -0.2) is 20.8 Å². The molecule has 0 bridgehead atoms. The average Bonchev–Trinajstić information content (AvgIpc) is 2.53. The molecule has 0 saturated carbocycles. The van der Waals surface area contributed by atoms with Crippen molar-refractivity contribution < 1.29 is 14.2 Å². The summed E-state index contributed by atoms with van der Waals surface area (Å²) in [5.74, 6) is 2.33. The number of ether oxygens (including phenoxy) is 3. The van der Waals surface area contributed by atoms with Crippen molar-refractivity contribution in [3.05, 3.63) is 48.0 Å². The first-order valence-corrected chi connectivity index (χ1v) is 6.94. The van der Waals surface area contributed by atoms with Gasteiger partial charge in [0, 0.05) is 18.3 Å². The zero-order valence-corrected chi connectivity index (χ0v) is 12.7. The molecule has 0 heterocycles. The van der Waals surface area contributed by atoms with E-state index in [0.29, 0.717) is 12.4 Å². The minimum absolute atomic E-state index is 0.673. The summed E-state index contributed by atoms with van der Waals surface area (Å²) in [4.78, 5) is 0. The number of benzene rings is 2. The van der Waals surface area contributed by atoms with E-state index < -0.39 is 0 Å². The van der Waals surface area contributed by atoms with E-state index in [4.69, 9.17) is 14.2 Å². The Hall–Kier alpha value is -2.36. The number of nitrogens with one attached hydrogen (secondary N) is 1. The zero-order valence-electron chi connectivity index (χ0n) is 12.7. The fraction of sp³-hybridized carbons (Fsp3) is 0.294. The molecule has 2 aromatic carbocycles. The van der Waals surface area contributed by atoms with Crippen molar-refractivity contribution in [2.45, 2.75) is 13.5 Å². The minimum Gasteiger partial charge on any atom is -0.494 e. The average molecular weight is 287 g/mol. The van der Waals surface area contributed by atoms with Crippen LogP contribution in [-0.2, 0) is 6.54 Å². The molecule has 0 spiro atoms.